The second-order valence-electron chi connectivity index (χ2n) is 4.56. The van der Waals surface area contributed by atoms with Gasteiger partial charge < -0.3 is 15.4 Å². The van der Waals surface area contributed by atoms with Crippen LogP contribution in [0.15, 0.2) is 12.1 Å². The molecule has 0 saturated heterocycles. The summed E-state index contributed by atoms with van der Waals surface area (Å²) in [5.74, 6) is 0.361. The maximum Gasteiger partial charge on any atom is 0.271 e. The number of ether oxygens (including phenoxy) is 1. The summed E-state index contributed by atoms with van der Waals surface area (Å²) in [6.45, 7) is 0. The van der Waals surface area contributed by atoms with Gasteiger partial charge in [0, 0.05) is 14.2 Å². The lowest BCUT2D eigenvalue weighted by Gasteiger charge is -2.19. The molecule has 0 aromatic carbocycles. The Labute approximate surface area is 117 Å². The van der Waals surface area contributed by atoms with Crippen LogP contribution in [0, 0.1) is 0 Å². The Balaban J connectivity index is 2.11. The smallest absolute Gasteiger partial charge is 0.271 e. The summed E-state index contributed by atoms with van der Waals surface area (Å²) in [4.78, 5) is 16.4. The van der Waals surface area contributed by atoms with Gasteiger partial charge in [-0.1, -0.05) is 11.6 Å². The topological polar surface area (TPSA) is 63.2 Å². The molecule has 19 heavy (non-hydrogen) atoms. The fourth-order valence-corrected chi connectivity index (χ4v) is 2.54. The van der Waals surface area contributed by atoms with Gasteiger partial charge in [-0.05, 0) is 31.4 Å². The zero-order chi connectivity index (χ0) is 13.8. The van der Waals surface area contributed by atoms with Crippen molar-refractivity contribution in [3.8, 4) is 0 Å². The van der Waals surface area contributed by atoms with Crippen molar-refractivity contribution in [3.05, 3.63) is 22.8 Å². The Kier molecular flexibility index (Phi) is 4.61. The molecule has 1 saturated carbocycles. The Morgan fingerprint density at radius 2 is 2.26 bits per heavy atom. The summed E-state index contributed by atoms with van der Waals surface area (Å²) in [5, 5.41) is 6.19. The molecule has 104 valence electrons. The number of hydrogen-bond acceptors (Lipinski definition) is 4. The van der Waals surface area contributed by atoms with E-state index < -0.39 is 0 Å². The van der Waals surface area contributed by atoms with Crippen LogP contribution in [0.4, 0.5) is 5.82 Å². The lowest BCUT2D eigenvalue weighted by atomic mass is 10.2. The van der Waals surface area contributed by atoms with E-state index in [4.69, 9.17) is 16.3 Å². The van der Waals surface area contributed by atoms with E-state index in [-0.39, 0.29) is 23.7 Å². The number of anilines is 1. The minimum Gasteiger partial charge on any atom is -0.379 e. The van der Waals surface area contributed by atoms with Gasteiger partial charge in [0.15, 0.2) is 0 Å². The predicted octanol–water partition coefficient (Wildman–Crippen LogP) is 2.07. The van der Waals surface area contributed by atoms with Crippen molar-refractivity contribution in [2.45, 2.75) is 31.4 Å². The first-order chi connectivity index (χ1) is 9.15. The summed E-state index contributed by atoms with van der Waals surface area (Å²) in [7, 11) is 3.41. The lowest BCUT2D eigenvalue weighted by Crippen LogP contribution is -2.41. The summed E-state index contributed by atoms with van der Waals surface area (Å²) >= 11 is 6.02. The van der Waals surface area contributed by atoms with Gasteiger partial charge in [0.2, 0.25) is 0 Å². The maximum absolute atomic E-state index is 12.2. The van der Waals surface area contributed by atoms with Crippen molar-refractivity contribution in [1.29, 1.82) is 0 Å². The first kappa shape index (κ1) is 14.1. The number of aromatic nitrogens is 1. The van der Waals surface area contributed by atoms with E-state index in [9.17, 15) is 4.79 Å². The normalized spacial score (nSPS) is 22.3. The molecule has 1 aromatic rings. The molecule has 6 heteroatoms. The van der Waals surface area contributed by atoms with Crippen LogP contribution in [0.3, 0.4) is 0 Å². The van der Waals surface area contributed by atoms with E-state index in [0.717, 1.165) is 19.3 Å². The van der Waals surface area contributed by atoms with Crippen LogP contribution in [0.5, 0.6) is 0 Å². The summed E-state index contributed by atoms with van der Waals surface area (Å²) < 4.78 is 5.36. The van der Waals surface area contributed by atoms with Crippen LogP contribution in [0.2, 0.25) is 5.02 Å². The molecule has 2 N–H and O–H groups in total. The van der Waals surface area contributed by atoms with E-state index in [2.05, 4.69) is 15.6 Å². The number of nitrogens with one attached hydrogen (secondary N) is 2. The minimum absolute atomic E-state index is 0.0357. The number of rotatable bonds is 4. The summed E-state index contributed by atoms with van der Waals surface area (Å²) in [6, 6.07) is 3.43. The van der Waals surface area contributed by atoms with Gasteiger partial charge in [0.25, 0.3) is 5.91 Å². The number of pyridine rings is 1. The van der Waals surface area contributed by atoms with Gasteiger partial charge in [0.1, 0.15) is 11.5 Å². The molecule has 1 aliphatic rings. The number of halogens is 1. The van der Waals surface area contributed by atoms with Gasteiger partial charge in [-0.15, -0.1) is 0 Å². The summed E-state index contributed by atoms with van der Waals surface area (Å²) in [5.41, 5.74) is 0.246. The highest BCUT2D eigenvalue weighted by Gasteiger charge is 2.29. The Bertz CT molecular complexity index is 467. The van der Waals surface area contributed by atoms with E-state index in [1.165, 1.54) is 0 Å². The third kappa shape index (κ3) is 3.16. The fraction of sp³-hybridized carbons (Fsp3) is 0.538. The molecule has 1 aliphatic carbocycles. The fourth-order valence-electron chi connectivity index (χ4n) is 2.35. The Hall–Kier alpha value is -1.33. The molecule has 2 unspecified atom stereocenters. The monoisotopic (exact) mass is 283 g/mol. The molecule has 1 heterocycles. The van der Waals surface area contributed by atoms with Gasteiger partial charge in [-0.2, -0.15) is 0 Å². The zero-order valence-corrected chi connectivity index (χ0v) is 11.8. The van der Waals surface area contributed by atoms with Crippen molar-refractivity contribution in [2.75, 3.05) is 19.5 Å². The van der Waals surface area contributed by atoms with Crippen molar-refractivity contribution >= 4 is 23.3 Å². The second kappa shape index (κ2) is 6.21. The maximum atomic E-state index is 12.2. The number of methoxy groups -OCH3 is 1. The summed E-state index contributed by atoms with van der Waals surface area (Å²) in [6.07, 6.45) is 3.03. The second-order valence-corrected chi connectivity index (χ2v) is 4.97. The Morgan fingerprint density at radius 1 is 1.47 bits per heavy atom. The first-order valence-corrected chi connectivity index (χ1v) is 6.71. The van der Waals surface area contributed by atoms with Gasteiger partial charge in [0.05, 0.1) is 17.2 Å². The first-order valence-electron chi connectivity index (χ1n) is 6.33. The minimum atomic E-state index is -0.254. The number of amides is 1. The largest absolute Gasteiger partial charge is 0.379 e. The predicted molar refractivity (Wildman–Crippen MR) is 74.7 cm³/mol. The highest BCUT2D eigenvalue weighted by atomic mass is 35.5. The molecule has 0 aliphatic heterocycles. The molecule has 2 atom stereocenters. The van der Waals surface area contributed by atoms with Crippen molar-refractivity contribution in [1.82, 2.24) is 10.3 Å². The quantitative estimate of drug-likeness (QED) is 0.888. The van der Waals surface area contributed by atoms with Crippen LogP contribution in [0.25, 0.3) is 0 Å². The van der Waals surface area contributed by atoms with Gasteiger partial charge in [-0.25, -0.2) is 4.98 Å². The molecule has 5 nitrogen and oxygen atoms in total. The van der Waals surface area contributed by atoms with Gasteiger partial charge >= 0.3 is 0 Å². The third-order valence-corrected chi connectivity index (χ3v) is 3.69. The number of nitrogens with zero attached hydrogens (tertiary/aromatic N) is 1. The number of carbonyl (C=O) groups is 1. The van der Waals surface area contributed by atoms with Crippen LogP contribution >= 0.6 is 11.6 Å². The van der Waals surface area contributed by atoms with E-state index in [1.807, 2.05) is 0 Å². The lowest BCUT2D eigenvalue weighted by molar-refractivity contribution is 0.0719. The highest BCUT2D eigenvalue weighted by Crippen LogP contribution is 2.23. The van der Waals surface area contributed by atoms with Crippen molar-refractivity contribution < 1.29 is 9.53 Å². The average molecular weight is 284 g/mol. The molecule has 1 aromatic heterocycles. The molecule has 0 bridgehead atoms. The van der Waals surface area contributed by atoms with Crippen LogP contribution in [0.1, 0.15) is 29.8 Å². The van der Waals surface area contributed by atoms with Crippen LogP contribution in [-0.2, 0) is 4.74 Å². The SMILES string of the molecule is CNc1ccc(Cl)c(C(=O)NC2CCCC2OC)n1. The molecule has 1 amide bonds. The van der Waals surface area contributed by atoms with Crippen molar-refractivity contribution in [3.63, 3.8) is 0 Å². The van der Waals surface area contributed by atoms with E-state index in [0.29, 0.717) is 10.8 Å². The van der Waals surface area contributed by atoms with Crippen LogP contribution in [-0.4, -0.2) is 37.2 Å². The number of hydrogen-bond donors (Lipinski definition) is 2. The average Bonchev–Trinajstić information content (AvgIpc) is 2.86. The molecule has 1 fully saturated rings. The van der Waals surface area contributed by atoms with Gasteiger partial charge in [-0.3, -0.25) is 4.79 Å². The molecular formula is C13H18ClN3O2. The molecule has 0 spiro atoms. The van der Waals surface area contributed by atoms with Crippen LogP contribution < -0.4 is 10.6 Å². The zero-order valence-electron chi connectivity index (χ0n) is 11.1. The van der Waals surface area contributed by atoms with E-state index in [1.54, 1.807) is 26.3 Å². The molecule has 0 radical (unpaired) electrons. The standard InChI is InChI=1S/C13H18ClN3O2/c1-15-11-7-6-8(14)12(17-11)13(18)16-9-4-3-5-10(9)19-2/h6-7,9-10H,3-5H2,1-2H3,(H,15,17)(H,16,18). The molecular weight excluding hydrogens is 266 g/mol. The highest BCUT2D eigenvalue weighted by molar-refractivity contribution is 6.33. The molecule has 2 rings (SSSR count). The third-order valence-electron chi connectivity index (χ3n) is 3.39. The Morgan fingerprint density at radius 3 is 2.95 bits per heavy atom. The number of carbonyl (C=O) groups excluding carboxylic acids is 1. The van der Waals surface area contributed by atoms with Crippen molar-refractivity contribution in [2.24, 2.45) is 0 Å². The van der Waals surface area contributed by atoms with E-state index >= 15 is 0 Å².